The van der Waals surface area contributed by atoms with Crippen molar-refractivity contribution < 1.29 is 29.2 Å². The van der Waals surface area contributed by atoms with Crippen LogP contribution in [-0.4, -0.2) is 47.5 Å². The van der Waals surface area contributed by atoms with Gasteiger partial charge in [-0.25, -0.2) is 0 Å². The first-order chi connectivity index (χ1) is 34.1. The quantitative estimate of drug-likeness (QED) is 0.0941. The Morgan fingerprint density at radius 1 is 0.290 bits per heavy atom. The number of hydrogen-bond donors (Lipinski definition) is 2. The van der Waals surface area contributed by atoms with E-state index in [0.29, 0.717) is 0 Å². The zero-order valence-corrected chi connectivity index (χ0v) is 38.1. The monoisotopic (exact) mass is 906 g/mol. The van der Waals surface area contributed by atoms with Crippen LogP contribution in [-0.2, 0) is 35.8 Å². The highest BCUT2D eigenvalue weighted by Crippen LogP contribution is 2.50. The van der Waals surface area contributed by atoms with Crippen molar-refractivity contribution in [2.75, 3.05) is 6.61 Å². The van der Waals surface area contributed by atoms with Gasteiger partial charge in [-0.15, -0.1) is 0 Å². The van der Waals surface area contributed by atoms with Crippen LogP contribution in [0.25, 0.3) is 0 Å². The summed E-state index contributed by atoms with van der Waals surface area (Å²) in [6.07, 6.45) is -6.40. The molecular weight excluding hydrogens is 853 g/mol. The van der Waals surface area contributed by atoms with Crippen LogP contribution < -0.4 is 0 Å². The molecule has 1 aliphatic rings. The molecule has 2 N–H and O–H groups in total. The van der Waals surface area contributed by atoms with Gasteiger partial charge in [-0.05, 0) is 50.1 Å². The minimum absolute atomic E-state index is 0.515. The average Bonchev–Trinajstić information content (AvgIpc) is 3.44. The third-order valence-electron chi connectivity index (χ3n) is 13.4. The van der Waals surface area contributed by atoms with Gasteiger partial charge < -0.3 is 29.2 Å². The Morgan fingerprint density at radius 2 is 0.478 bits per heavy atom. The summed E-state index contributed by atoms with van der Waals surface area (Å²) in [4.78, 5) is 0. The van der Waals surface area contributed by atoms with Crippen LogP contribution in [0.5, 0.6) is 0 Å². The maximum absolute atomic E-state index is 12.9. The van der Waals surface area contributed by atoms with Crippen LogP contribution in [0.1, 0.15) is 50.1 Å². The molecule has 342 valence electrons. The largest absolute Gasteiger partial charge is 0.394 e. The molecular formula is C63H54O6. The molecule has 0 unspecified atom stereocenters. The van der Waals surface area contributed by atoms with E-state index in [2.05, 4.69) is 72.8 Å². The molecule has 1 fully saturated rings. The van der Waals surface area contributed by atoms with Crippen molar-refractivity contribution in [1.29, 1.82) is 0 Å². The van der Waals surface area contributed by atoms with Crippen LogP contribution in [0.2, 0.25) is 0 Å². The van der Waals surface area contributed by atoms with Crippen molar-refractivity contribution in [3.63, 3.8) is 0 Å². The maximum Gasteiger partial charge on any atom is 0.184 e. The highest BCUT2D eigenvalue weighted by atomic mass is 16.7. The summed E-state index contributed by atoms with van der Waals surface area (Å²) < 4.78 is 30.8. The predicted octanol–water partition coefficient (Wildman–Crippen LogP) is 11.8. The standard InChI is InChI=1S/C63H54O6/c64-46-56-57(67-61(47-28-10-1-11-29-47,48-30-12-2-13-31-48)49-32-14-3-15-33-49)58(68-62(50-34-16-4-17-35-50,51-36-18-5-19-37-51)52-38-20-6-21-39-52)59(60(65)66-56)69-63(53-40-22-7-23-41-53,54-42-24-8-25-43-54)55-44-26-9-27-45-55/h1-45,56-60,64-65H,46H2/t56-,57-,58+,59-,60+/m1/s1. The summed E-state index contributed by atoms with van der Waals surface area (Å²) in [7, 11) is 0. The molecule has 10 rings (SSSR count). The summed E-state index contributed by atoms with van der Waals surface area (Å²) in [5.41, 5.74) is 3.49. The molecule has 1 aliphatic heterocycles. The highest BCUT2D eigenvalue weighted by molar-refractivity contribution is 5.51. The van der Waals surface area contributed by atoms with Crippen LogP contribution in [0.15, 0.2) is 273 Å². The first kappa shape index (κ1) is 45.5. The number of aliphatic hydroxyl groups excluding tert-OH is 2. The summed E-state index contributed by atoms with van der Waals surface area (Å²) >= 11 is 0. The zero-order chi connectivity index (χ0) is 46.9. The van der Waals surface area contributed by atoms with Gasteiger partial charge in [0.25, 0.3) is 0 Å². The van der Waals surface area contributed by atoms with E-state index in [1.54, 1.807) is 0 Å². The number of benzene rings is 9. The van der Waals surface area contributed by atoms with E-state index < -0.39 is 54.1 Å². The fraction of sp³-hybridized carbons (Fsp3) is 0.143. The second-order valence-electron chi connectivity index (χ2n) is 17.3. The van der Waals surface area contributed by atoms with Gasteiger partial charge in [0, 0.05) is 0 Å². The molecule has 0 bridgehead atoms. The summed E-state index contributed by atoms with van der Waals surface area (Å²) in [5.74, 6) is 0. The topological polar surface area (TPSA) is 77.4 Å². The molecule has 69 heavy (non-hydrogen) atoms. The molecule has 1 saturated heterocycles. The van der Waals surface area contributed by atoms with E-state index in [4.69, 9.17) is 18.9 Å². The Labute approximate surface area is 404 Å². The molecule has 0 saturated carbocycles. The second-order valence-corrected chi connectivity index (χ2v) is 17.3. The van der Waals surface area contributed by atoms with E-state index in [-0.39, 0.29) is 0 Å². The lowest BCUT2D eigenvalue weighted by Crippen LogP contribution is -2.65. The van der Waals surface area contributed by atoms with E-state index in [1.165, 1.54) is 0 Å². The minimum Gasteiger partial charge on any atom is -0.394 e. The van der Waals surface area contributed by atoms with Gasteiger partial charge in [0.2, 0.25) is 0 Å². The lowest BCUT2D eigenvalue weighted by molar-refractivity contribution is -0.339. The van der Waals surface area contributed by atoms with E-state index in [1.807, 2.05) is 200 Å². The average molecular weight is 907 g/mol. The second kappa shape index (κ2) is 20.5. The molecule has 0 amide bonds. The van der Waals surface area contributed by atoms with Gasteiger partial charge in [0.05, 0.1) is 6.61 Å². The first-order valence-electron chi connectivity index (χ1n) is 23.6. The molecule has 1 heterocycles. The van der Waals surface area contributed by atoms with Gasteiger partial charge in [0.1, 0.15) is 41.2 Å². The Balaban J connectivity index is 1.29. The molecule has 0 spiro atoms. The van der Waals surface area contributed by atoms with Crippen molar-refractivity contribution in [3.05, 3.63) is 323 Å². The summed E-state index contributed by atoms with van der Waals surface area (Å²) in [5, 5.41) is 24.6. The normalized spacial score (nSPS) is 18.6. The third kappa shape index (κ3) is 8.64. The summed E-state index contributed by atoms with van der Waals surface area (Å²) in [6.45, 7) is -0.515. The fourth-order valence-corrected chi connectivity index (χ4v) is 10.2. The number of ether oxygens (including phenoxy) is 4. The lowest BCUT2D eigenvalue weighted by atomic mass is 9.78. The van der Waals surface area contributed by atoms with Crippen molar-refractivity contribution >= 4 is 0 Å². The Hall–Kier alpha value is -7.26. The SMILES string of the molecule is OC[C@H]1O[C@H](O)[C@H](OC(c2ccccc2)(c2ccccc2)c2ccccc2)[C@@H](OC(c2ccccc2)(c2ccccc2)c2ccccc2)[C@@H]1OC(c1ccccc1)(c1ccccc1)c1ccccc1. The number of aliphatic hydroxyl groups is 2. The molecule has 0 aromatic heterocycles. The lowest BCUT2D eigenvalue weighted by Gasteiger charge is -2.52. The first-order valence-corrected chi connectivity index (χ1v) is 23.6. The molecule has 9 aromatic carbocycles. The van der Waals surface area contributed by atoms with Gasteiger partial charge in [-0.2, -0.15) is 0 Å². The van der Waals surface area contributed by atoms with Crippen molar-refractivity contribution in [2.45, 2.75) is 47.5 Å². The summed E-state index contributed by atoms with van der Waals surface area (Å²) in [6, 6.07) is 90.9. The minimum atomic E-state index is -1.64. The van der Waals surface area contributed by atoms with Crippen molar-refractivity contribution in [1.82, 2.24) is 0 Å². The molecule has 9 aromatic rings. The Bertz CT molecular complexity index is 2660. The van der Waals surface area contributed by atoms with E-state index in [0.717, 1.165) is 50.1 Å². The van der Waals surface area contributed by atoms with E-state index >= 15 is 0 Å². The maximum atomic E-state index is 12.9. The molecule has 0 radical (unpaired) electrons. The Morgan fingerprint density at radius 3 is 0.681 bits per heavy atom. The van der Waals surface area contributed by atoms with Gasteiger partial charge in [-0.3, -0.25) is 0 Å². The van der Waals surface area contributed by atoms with Crippen molar-refractivity contribution in [3.8, 4) is 0 Å². The molecule has 0 aliphatic carbocycles. The predicted molar refractivity (Wildman–Crippen MR) is 270 cm³/mol. The Kier molecular flexibility index (Phi) is 13.5. The third-order valence-corrected chi connectivity index (χ3v) is 13.4. The fourth-order valence-electron chi connectivity index (χ4n) is 10.2. The molecule has 6 nitrogen and oxygen atoms in total. The van der Waals surface area contributed by atoms with Gasteiger partial charge >= 0.3 is 0 Å². The van der Waals surface area contributed by atoms with Crippen LogP contribution in [0.4, 0.5) is 0 Å². The van der Waals surface area contributed by atoms with Crippen LogP contribution >= 0.6 is 0 Å². The van der Waals surface area contributed by atoms with Crippen molar-refractivity contribution in [2.24, 2.45) is 0 Å². The molecule has 5 atom stereocenters. The van der Waals surface area contributed by atoms with Crippen LogP contribution in [0, 0.1) is 0 Å². The highest BCUT2D eigenvalue weighted by Gasteiger charge is 2.57. The van der Waals surface area contributed by atoms with Gasteiger partial charge in [0.15, 0.2) is 6.29 Å². The van der Waals surface area contributed by atoms with Gasteiger partial charge in [-0.1, -0.05) is 273 Å². The number of hydrogen-bond acceptors (Lipinski definition) is 6. The van der Waals surface area contributed by atoms with Crippen LogP contribution in [0.3, 0.4) is 0 Å². The number of rotatable bonds is 16. The molecule has 6 heteroatoms. The smallest absolute Gasteiger partial charge is 0.184 e. The van der Waals surface area contributed by atoms with E-state index in [9.17, 15) is 10.2 Å². The zero-order valence-electron chi connectivity index (χ0n) is 38.1.